The van der Waals surface area contributed by atoms with E-state index < -0.39 is 22.8 Å². The second kappa shape index (κ2) is 5.78. The summed E-state index contributed by atoms with van der Waals surface area (Å²) in [6.07, 6.45) is 1.11. The van der Waals surface area contributed by atoms with Crippen LogP contribution in [-0.2, 0) is 4.79 Å². The molecule has 1 aromatic rings. The number of aliphatic carboxylic acids is 1. The Kier molecular flexibility index (Phi) is 4.06. The van der Waals surface area contributed by atoms with Crippen molar-refractivity contribution in [3.05, 3.63) is 33.9 Å². The van der Waals surface area contributed by atoms with Gasteiger partial charge in [0.25, 0.3) is 11.6 Å². The summed E-state index contributed by atoms with van der Waals surface area (Å²) in [4.78, 5) is 34.9. The number of hydrogen-bond donors (Lipinski definition) is 2. The summed E-state index contributed by atoms with van der Waals surface area (Å²) in [6.45, 7) is 0.442. The maximum absolute atomic E-state index is 11.6. The molecule has 0 spiro atoms. The van der Waals surface area contributed by atoms with Crippen LogP contribution in [0.4, 0.5) is 11.4 Å². The lowest BCUT2D eigenvalue weighted by molar-refractivity contribution is -0.384. The van der Waals surface area contributed by atoms with Crippen molar-refractivity contribution in [1.82, 2.24) is 5.32 Å². The Balaban J connectivity index is 2.46. The molecular formula is C13H15N3O5. The number of nitro benzene ring substituents is 1. The smallest absolute Gasteiger partial charge is 0.326 e. The first-order valence-corrected chi connectivity index (χ1v) is 6.45. The molecule has 1 aliphatic heterocycles. The second-order valence-electron chi connectivity index (χ2n) is 4.73. The minimum atomic E-state index is -1.00. The summed E-state index contributed by atoms with van der Waals surface area (Å²) in [5, 5.41) is 22.8. The first-order valence-electron chi connectivity index (χ1n) is 6.45. The van der Waals surface area contributed by atoms with Crippen LogP contribution in [-0.4, -0.2) is 41.5 Å². The summed E-state index contributed by atoms with van der Waals surface area (Å²) in [5.41, 5.74) is 0.140. The standard InChI is InChI=1S/C13H15N3O5/c1-14-12(17)8-4-5-9(11(7-8)16(20)21)15-6-2-3-10(15)13(18)19/h4-5,7,10H,2-3,6H2,1H3,(H,14,17)(H,18,19)/t10-/m1/s1. The molecule has 21 heavy (non-hydrogen) atoms. The Morgan fingerprint density at radius 2 is 2.19 bits per heavy atom. The van der Waals surface area contributed by atoms with Gasteiger partial charge in [-0.25, -0.2) is 4.79 Å². The number of carbonyl (C=O) groups excluding carboxylic acids is 1. The van der Waals surface area contributed by atoms with Crippen molar-refractivity contribution in [3.63, 3.8) is 0 Å². The molecule has 112 valence electrons. The topological polar surface area (TPSA) is 113 Å². The summed E-state index contributed by atoms with van der Waals surface area (Å²) >= 11 is 0. The number of nitrogens with one attached hydrogen (secondary N) is 1. The highest BCUT2D eigenvalue weighted by Crippen LogP contribution is 2.34. The van der Waals surface area contributed by atoms with Crippen LogP contribution in [0.3, 0.4) is 0 Å². The Morgan fingerprint density at radius 1 is 1.48 bits per heavy atom. The number of benzene rings is 1. The summed E-state index contributed by atoms with van der Waals surface area (Å²) < 4.78 is 0. The largest absolute Gasteiger partial charge is 0.480 e. The van der Waals surface area contributed by atoms with Gasteiger partial charge in [0.2, 0.25) is 0 Å². The third-order valence-electron chi connectivity index (χ3n) is 3.51. The average molecular weight is 293 g/mol. The number of carboxylic acids is 1. The van der Waals surface area contributed by atoms with Crippen molar-refractivity contribution >= 4 is 23.3 Å². The van der Waals surface area contributed by atoms with Crippen LogP contribution in [0.25, 0.3) is 0 Å². The van der Waals surface area contributed by atoms with E-state index >= 15 is 0 Å². The van der Waals surface area contributed by atoms with E-state index in [-0.39, 0.29) is 16.9 Å². The third kappa shape index (κ3) is 2.78. The number of amides is 1. The van der Waals surface area contributed by atoms with E-state index in [1.54, 1.807) is 0 Å². The monoisotopic (exact) mass is 293 g/mol. The first kappa shape index (κ1) is 14.8. The van der Waals surface area contributed by atoms with Crippen LogP contribution < -0.4 is 10.2 Å². The Labute approximate surface area is 120 Å². The fraction of sp³-hybridized carbons (Fsp3) is 0.385. The highest BCUT2D eigenvalue weighted by atomic mass is 16.6. The molecule has 1 saturated heterocycles. The van der Waals surface area contributed by atoms with Gasteiger partial charge in [-0.05, 0) is 25.0 Å². The number of hydrogen-bond acceptors (Lipinski definition) is 5. The number of nitro groups is 1. The summed E-state index contributed by atoms with van der Waals surface area (Å²) in [6, 6.07) is 3.29. The molecule has 1 aromatic carbocycles. The fourth-order valence-electron chi connectivity index (χ4n) is 2.51. The summed E-state index contributed by atoms with van der Waals surface area (Å²) in [5.74, 6) is -1.43. The molecular weight excluding hydrogens is 278 g/mol. The van der Waals surface area contributed by atoms with Crippen LogP contribution in [0.1, 0.15) is 23.2 Å². The van der Waals surface area contributed by atoms with Gasteiger partial charge < -0.3 is 15.3 Å². The van der Waals surface area contributed by atoms with Crippen molar-refractivity contribution in [3.8, 4) is 0 Å². The van der Waals surface area contributed by atoms with E-state index in [0.29, 0.717) is 19.4 Å². The molecule has 1 atom stereocenters. The van der Waals surface area contributed by atoms with E-state index in [2.05, 4.69) is 5.32 Å². The highest BCUT2D eigenvalue weighted by Gasteiger charge is 2.34. The molecule has 0 bridgehead atoms. The van der Waals surface area contributed by atoms with Crippen LogP contribution in [0, 0.1) is 10.1 Å². The van der Waals surface area contributed by atoms with Crippen molar-refractivity contribution in [1.29, 1.82) is 0 Å². The van der Waals surface area contributed by atoms with Gasteiger partial charge >= 0.3 is 5.97 Å². The summed E-state index contributed by atoms with van der Waals surface area (Å²) in [7, 11) is 1.43. The number of anilines is 1. The van der Waals surface area contributed by atoms with Crippen molar-refractivity contribution in [2.24, 2.45) is 0 Å². The molecule has 2 rings (SSSR count). The molecule has 0 saturated carbocycles. The van der Waals surface area contributed by atoms with Crippen LogP contribution in [0.5, 0.6) is 0 Å². The van der Waals surface area contributed by atoms with Gasteiger partial charge in [0.15, 0.2) is 0 Å². The van der Waals surface area contributed by atoms with Crippen molar-refractivity contribution in [2.45, 2.75) is 18.9 Å². The Morgan fingerprint density at radius 3 is 2.76 bits per heavy atom. The zero-order chi connectivity index (χ0) is 15.6. The lowest BCUT2D eigenvalue weighted by atomic mass is 10.1. The third-order valence-corrected chi connectivity index (χ3v) is 3.51. The van der Waals surface area contributed by atoms with Crippen molar-refractivity contribution in [2.75, 3.05) is 18.5 Å². The molecule has 0 radical (unpaired) electrons. The fourth-order valence-corrected chi connectivity index (χ4v) is 2.51. The average Bonchev–Trinajstić information content (AvgIpc) is 2.95. The van der Waals surface area contributed by atoms with Gasteiger partial charge in [-0.2, -0.15) is 0 Å². The maximum Gasteiger partial charge on any atom is 0.326 e. The number of carbonyl (C=O) groups is 2. The maximum atomic E-state index is 11.6. The zero-order valence-corrected chi connectivity index (χ0v) is 11.4. The SMILES string of the molecule is CNC(=O)c1ccc(N2CCC[C@@H]2C(=O)O)c([N+](=O)[O-])c1. The molecule has 0 aromatic heterocycles. The van der Waals surface area contributed by atoms with Gasteiger partial charge in [-0.15, -0.1) is 0 Å². The molecule has 0 unspecified atom stereocenters. The zero-order valence-electron chi connectivity index (χ0n) is 11.4. The molecule has 8 heteroatoms. The normalized spacial score (nSPS) is 17.6. The molecule has 1 heterocycles. The van der Waals surface area contributed by atoms with E-state index in [9.17, 15) is 24.8 Å². The number of rotatable bonds is 4. The highest BCUT2D eigenvalue weighted by molar-refractivity contribution is 5.95. The van der Waals surface area contributed by atoms with Crippen LogP contribution in [0.2, 0.25) is 0 Å². The van der Waals surface area contributed by atoms with E-state index in [1.807, 2.05) is 0 Å². The number of nitrogens with zero attached hydrogens (tertiary/aromatic N) is 2. The van der Waals surface area contributed by atoms with Crippen LogP contribution >= 0.6 is 0 Å². The van der Waals surface area contributed by atoms with Gasteiger partial charge in [0, 0.05) is 25.2 Å². The molecule has 1 amide bonds. The van der Waals surface area contributed by atoms with Crippen molar-refractivity contribution < 1.29 is 19.6 Å². The van der Waals surface area contributed by atoms with E-state index in [1.165, 1.54) is 30.1 Å². The minimum Gasteiger partial charge on any atom is -0.480 e. The van der Waals surface area contributed by atoms with Gasteiger partial charge in [0.1, 0.15) is 11.7 Å². The van der Waals surface area contributed by atoms with Gasteiger partial charge in [-0.1, -0.05) is 0 Å². The lowest BCUT2D eigenvalue weighted by Gasteiger charge is -2.23. The first-order chi connectivity index (χ1) is 9.95. The molecule has 1 aliphatic rings. The lowest BCUT2D eigenvalue weighted by Crippen LogP contribution is -2.36. The van der Waals surface area contributed by atoms with Gasteiger partial charge in [-0.3, -0.25) is 14.9 Å². The Bertz CT molecular complexity index is 601. The second-order valence-corrected chi connectivity index (χ2v) is 4.73. The quantitative estimate of drug-likeness (QED) is 0.632. The molecule has 2 N–H and O–H groups in total. The minimum absolute atomic E-state index is 0.166. The molecule has 0 aliphatic carbocycles. The molecule has 8 nitrogen and oxygen atoms in total. The predicted molar refractivity (Wildman–Crippen MR) is 74.5 cm³/mol. The number of carboxylic acid groups (broad SMARTS) is 1. The molecule has 1 fully saturated rings. The van der Waals surface area contributed by atoms with Gasteiger partial charge in [0.05, 0.1) is 4.92 Å². The van der Waals surface area contributed by atoms with E-state index in [4.69, 9.17) is 0 Å². The Hall–Kier alpha value is -2.64. The van der Waals surface area contributed by atoms with Crippen LogP contribution in [0.15, 0.2) is 18.2 Å². The predicted octanol–water partition coefficient (Wildman–Crippen LogP) is 1.01. The van der Waals surface area contributed by atoms with E-state index in [0.717, 1.165) is 0 Å².